The Kier molecular flexibility index (Phi) is 7.29. The Balaban J connectivity index is 1.50. The van der Waals surface area contributed by atoms with Crippen LogP contribution >= 0.6 is 11.8 Å². The molecule has 0 bridgehead atoms. The van der Waals surface area contributed by atoms with Gasteiger partial charge >= 0.3 is 0 Å². The number of anilines is 1. The molecule has 33 heavy (non-hydrogen) atoms. The summed E-state index contributed by atoms with van der Waals surface area (Å²) >= 11 is 1.53. The minimum absolute atomic E-state index is 0.0345. The van der Waals surface area contributed by atoms with Crippen molar-refractivity contribution in [2.24, 2.45) is 0 Å². The van der Waals surface area contributed by atoms with Crippen LogP contribution < -0.4 is 10.6 Å². The number of aryl methyl sites for hydroxylation is 3. The molecule has 1 saturated heterocycles. The Morgan fingerprint density at radius 3 is 2.39 bits per heavy atom. The molecule has 4 rings (SSSR count). The molecule has 0 spiro atoms. The van der Waals surface area contributed by atoms with Crippen LogP contribution in [0.25, 0.3) is 11.8 Å². The van der Waals surface area contributed by atoms with Crippen molar-refractivity contribution in [1.82, 2.24) is 9.88 Å². The fraction of sp³-hybridized carbons (Fsp3) is 0.321. The van der Waals surface area contributed by atoms with Crippen LogP contribution in [0.15, 0.2) is 59.5 Å². The minimum Gasteiger partial charge on any atom is -0.357 e. The lowest BCUT2D eigenvalue weighted by molar-refractivity contribution is -0.116. The molecule has 1 atom stereocenters. The van der Waals surface area contributed by atoms with Crippen molar-refractivity contribution >= 4 is 29.4 Å². The first-order valence-electron chi connectivity index (χ1n) is 11.8. The van der Waals surface area contributed by atoms with Gasteiger partial charge in [-0.2, -0.15) is 0 Å². The molecule has 0 radical (unpaired) electrons. The van der Waals surface area contributed by atoms with E-state index in [9.17, 15) is 4.79 Å². The largest absolute Gasteiger partial charge is 0.357 e. The van der Waals surface area contributed by atoms with Gasteiger partial charge in [-0.25, -0.2) is 0 Å². The van der Waals surface area contributed by atoms with Gasteiger partial charge in [0.2, 0.25) is 0 Å². The van der Waals surface area contributed by atoms with Gasteiger partial charge in [0.05, 0.1) is 4.91 Å². The molecule has 1 amide bonds. The van der Waals surface area contributed by atoms with Crippen molar-refractivity contribution in [3.63, 3.8) is 0 Å². The number of carbonyl (C=O) groups excluding carboxylic acids is 1. The zero-order chi connectivity index (χ0) is 23.4. The van der Waals surface area contributed by atoms with E-state index in [1.54, 1.807) is 0 Å². The maximum atomic E-state index is 12.6. The van der Waals surface area contributed by atoms with E-state index < -0.39 is 0 Å². The molecule has 3 aromatic rings. The Morgan fingerprint density at radius 1 is 1.03 bits per heavy atom. The van der Waals surface area contributed by atoms with E-state index in [-0.39, 0.29) is 11.4 Å². The van der Waals surface area contributed by atoms with Gasteiger partial charge in [-0.05, 0) is 86.2 Å². The van der Waals surface area contributed by atoms with Gasteiger partial charge in [-0.3, -0.25) is 4.79 Å². The molecule has 2 aromatic carbocycles. The number of benzene rings is 2. The third kappa shape index (κ3) is 5.36. The normalized spacial score (nSPS) is 16.9. The van der Waals surface area contributed by atoms with Crippen LogP contribution in [0.1, 0.15) is 54.8 Å². The third-order valence-corrected chi connectivity index (χ3v) is 7.19. The Bertz CT molecular complexity index is 1140. The third-order valence-electron chi connectivity index (χ3n) is 6.16. The van der Waals surface area contributed by atoms with E-state index >= 15 is 0 Å². The second-order valence-corrected chi connectivity index (χ2v) is 9.75. The molecule has 172 valence electrons. The van der Waals surface area contributed by atoms with E-state index in [4.69, 9.17) is 0 Å². The number of aromatic nitrogens is 1. The molecule has 5 heteroatoms. The summed E-state index contributed by atoms with van der Waals surface area (Å²) in [5.41, 5.74) is 8.06. The highest BCUT2D eigenvalue weighted by atomic mass is 32.2. The number of hydrogen-bond donors (Lipinski definition) is 2. The lowest BCUT2D eigenvalue weighted by Gasteiger charge is -2.12. The van der Waals surface area contributed by atoms with Gasteiger partial charge in [0.1, 0.15) is 0 Å². The molecule has 0 saturated carbocycles. The van der Waals surface area contributed by atoms with Gasteiger partial charge in [0.15, 0.2) is 5.50 Å². The molecule has 0 aliphatic carbocycles. The maximum Gasteiger partial charge on any atom is 0.260 e. The smallest absolute Gasteiger partial charge is 0.260 e. The average Bonchev–Trinajstić information content (AvgIpc) is 3.30. The zero-order valence-electron chi connectivity index (χ0n) is 19.9. The average molecular weight is 460 g/mol. The molecule has 1 aliphatic heterocycles. The summed E-state index contributed by atoms with van der Waals surface area (Å²) in [5, 5.41) is 6.43. The predicted molar refractivity (Wildman–Crippen MR) is 141 cm³/mol. The highest BCUT2D eigenvalue weighted by Crippen LogP contribution is 2.32. The fourth-order valence-electron chi connectivity index (χ4n) is 4.22. The van der Waals surface area contributed by atoms with Crippen molar-refractivity contribution in [3.8, 4) is 5.69 Å². The molecular formula is C28H33N3OS. The molecular weight excluding hydrogens is 426 g/mol. The van der Waals surface area contributed by atoms with Crippen molar-refractivity contribution in [2.75, 3.05) is 5.32 Å². The number of rotatable bonds is 8. The summed E-state index contributed by atoms with van der Waals surface area (Å²) in [6.07, 6.45) is 6.59. The van der Waals surface area contributed by atoms with Gasteiger partial charge in [-0.15, -0.1) is 0 Å². The molecule has 1 fully saturated rings. The van der Waals surface area contributed by atoms with Crippen LogP contribution in [0, 0.1) is 13.8 Å². The number of nitrogens with one attached hydrogen (secondary N) is 2. The second kappa shape index (κ2) is 10.3. The van der Waals surface area contributed by atoms with E-state index in [2.05, 4.69) is 97.5 Å². The predicted octanol–water partition coefficient (Wildman–Crippen LogP) is 6.60. The van der Waals surface area contributed by atoms with Crippen molar-refractivity contribution in [1.29, 1.82) is 0 Å². The van der Waals surface area contributed by atoms with Crippen LogP contribution in [0.2, 0.25) is 0 Å². The van der Waals surface area contributed by atoms with Crippen LogP contribution in [0.3, 0.4) is 0 Å². The van der Waals surface area contributed by atoms with Gasteiger partial charge in [0.25, 0.3) is 5.91 Å². The summed E-state index contributed by atoms with van der Waals surface area (Å²) in [6, 6.07) is 19.4. The van der Waals surface area contributed by atoms with E-state index in [1.807, 2.05) is 6.08 Å². The maximum absolute atomic E-state index is 12.6. The number of amides is 1. The van der Waals surface area contributed by atoms with Gasteiger partial charge in [-0.1, -0.05) is 56.3 Å². The fourth-order valence-corrected chi connectivity index (χ4v) is 5.19. The monoisotopic (exact) mass is 459 g/mol. The van der Waals surface area contributed by atoms with Crippen LogP contribution in [-0.2, 0) is 17.6 Å². The number of thioether (sulfide) groups is 1. The molecule has 0 unspecified atom stereocenters. The molecule has 2 N–H and O–H groups in total. The van der Waals surface area contributed by atoms with Crippen LogP contribution in [-0.4, -0.2) is 16.0 Å². The minimum atomic E-state index is -0.171. The topological polar surface area (TPSA) is 46.1 Å². The first kappa shape index (κ1) is 23.2. The molecule has 1 aromatic heterocycles. The number of unbranched alkanes of at least 4 members (excludes halogenated alkanes) is 1. The Labute approximate surface area is 201 Å². The molecule has 4 nitrogen and oxygen atoms in total. The SMILES string of the molecule is CCCCc1ccc(-n2c(C)cc(/C=C3\S[C@H](Nc4ccc(CC)cc4)NC3=O)c2C)cc1. The number of nitrogens with zero attached hydrogens (tertiary/aromatic N) is 1. The van der Waals surface area contributed by atoms with E-state index in [1.165, 1.54) is 35.7 Å². The first-order valence-corrected chi connectivity index (χ1v) is 12.7. The van der Waals surface area contributed by atoms with Crippen molar-refractivity contribution in [3.05, 3.63) is 87.6 Å². The van der Waals surface area contributed by atoms with Crippen molar-refractivity contribution in [2.45, 2.75) is 58.9 Å². The highest BCUT2D eigenvalue weighted by molar-refractivity contribution is 8.05. The summed E-state index contributed by atoms with van der Waals surface area (Å²) in [4.78, 5) is 13.4. The van der Waals surface area contributed by atoms with Gasteiger partial charge in [0, 0.05) is 22.8 Å². The zero-order valence-corrected chi connectivity index (χ0v) is 20.8. The summed E-state index contributed by atoms with van der Waals surface area (Å²) in [5.74, 6) is -0.0345. The summed E-state index contributed by atoms with van der Waals surface area (Å²) in [7, 11) is 0. The Hall–Kier alpha value is -2.92. The van der Waals surface area contributed by atoms with E-state index in [0.717, 1.165) is 46.1 Å². The highest BCUT2D eigenvalue weighted by Gasteiger charge is 2.27. The van der Waals surface area contributed by atoms with E-state index in [0.29, 0.717) is 0 Å². The molecule has 2 heterocycles. The quantitative estimate of drug-likeness (QED) is 0.373. The number of carbonyl (C=O) groups is 1. The standard InChI is InChI=1S/C28H33N3OS/c1-5-7-8-22-11-15-25(16-12-22)31-19(3)17-23(20(31)4)18-26-27(32)30-28(33-26)29-24-13-9-21(6-2)10-14-24/h9-18,28-29H,5-8H2,1-4H3,(H,30,32)/b26-18-/t28-/m1/s1. The van der Waals surface area contributed by atoms with Crippen LogP contribution in [0.5, 0.6) is 0 Å². The lowest BCUT2D eigenvalue weighted by atomic mass is 10.1. The molecule has 1 aliphatic rings. The second-order valence-electron chi connectivity index (χ2n) is 8.61. The van der Waals surface area contributed by atoms with Gasteiger partial charge < -0.3 is 15.2 Å². The summed E-state index contributed by atoms with van der Waals surface area (Å²) in [6.45, 7) is 8.60. The number of hydrogen-bond acceptors (Lipinski definition) is 3. The van der Waals surface area contributed by atoms with Crippen LogP contribution in [0.4, 0.5) is 5.69 Å². The lowest BCUT2D eigenvalue weighted by Crippen LogP contribution is -2.30. The summed E-state index contributed by atoms with van der Waals surface area (Å²) < 4.78 is 2.26. The Morgan fingerprint density at radius 2 is 1.73 bits per heavy atom. The van der Waals surface area contributed by atoms with Crippen molar-refractivity contribution < 1.29 is 4.79 Å². The first-order chi connectivity index (χ1) is 16.0.